The molecule has 2 rings (SSSR count). The van der Waals surface area contributed by atoms with E-state index in [0.29, 0.717) is 11.8 Å². The van der Waals surface area contributed by atoms with Crippen LogP contribution in [0, 0.1) is 11.8 Å². The minimum atomic E-state index is -0.0993. The van der Waals surface area contributed by atoms with E-state index in [4.69, 9.17) is 0 Å². The number of benzene rings is 1. The summed E-state index contributed by atoms with van der Waals surface area (Å²) in [5.41, 5.74) is 1.34. The van der Waals surface area contributed by atoms with E-state index in [1.807, 2.05) is 6.07 Å². The first-order chi connectivity index (χ1) is 7.77. The topological polar surface area (TPSA) is 20.2 Å². The van der Waals surface area contributed by atoms with E-state index < -0.39 is 0 Å². The zero-order valence-electron chi connectivity index (χ0n) is 10.1. The molecule has 1 N–H and O–H groups in total. The molecule has 88 valence electrons. The van der Waals surface area contributed by atoms with Crippen molar-refractivity contribution in [3.05, 3.63) is 35.9 Å². The van der Waals surface area contributed by atoms with Crippen molar-refractivity contribution in [1.82, 2.24) is 0 Å². The van der Waals surface area contributed by atoms with Crippen LogP contribution in [0.2, 0.25) is 0 Å². The molecule has 0 saturated heterocycles. The highest BCUT2D eigenvalue weighted by Gasteiger charge is 2.29. The van der Waals surface area contributed by atoms with Crippen LogP contribution in [0.3, 0.4) is 0 Å². The highest BCUT2D eigenvalue weighted by Crippen LogP contribution is 2.34. The lowest BCUT2D eigenvalue weighted by Crippen LogP contribution is -2.23. The van der Waals surface area contributed by atoms with Gasteiger partial charge in [-0.25, -0.2) is 0 Å². The van der Waals surface area contributed by atoms with E-state index in [-0.39, 0.29) is 6.10 Å². The standard InChI is InChI=1S/C15H22O/c1-12-6-5-9-14(12)15(16)11-10-13-7-3-2-4-8-13/h2-4,7-8,12,14-16H,5-6,9-11H2,1H3. The lowest BCUT2D eigenvalue weighted by Gasteiger charge is -2.22. The first kappa shape index (κ1) is 11.7. The minimum absolute atomic E-state index is 0.0993. The van der Waals surface area contributed by atoms with Crippen molar-refractivity contribution in [2.75, 3.05) is 0 Å². The summed E-state index contributed by atoms with van der Waals surface area (Å²) in [6, 6.07) is 10.5. The van der Waals surface area contributed by atoms with Crippen LogP contribution < -0.4 is 0 Å². The van der Waals surface area contributed by atoms with E-state index >= 15 is 0 Å². The lowest BCUT2D eigenvalue weighted by atomic mass is 9.89. The van der Waals surface area contributed by atoms with Gasteiger partial charge in [0.1, 0.15) is 0 Å². The summed E-state index contributed by atoms with van der Waals surface area (Å²) in [5.74, 6) is 1.26. The van der Waals surface area contributed by atoms with Crippen LogP contribution in [-0.2, 0) is 6.42 Å². The summed E-state index contributed by atoms with van der Waals surface area (Å²) in [4.78, 5) is 0. The molecule has 0 aliphatic heterocycles. The predicted molar refractivity (Wildman–Crippen MR) is 67.3 cm³/mol. The summed E-state index contributed by atoms with van der Waals surface area (Å²) in [7, 11) is 0. The molecule has 0 spiro atoms. The average molecular weight is 218 g/mol. The largest absolute Gasteiger partial charge is 0.393 e. The summed E-state index contributed by atoms with van der Waals surface area (Å²) in [5, 5.41) is 10.2. The van der Waals surface area contributed by atoms with Gasteiger partial charge in [-0.05, 0) is 36.7 Å². The number of aryl methyl sites for hydroxylation is 1. The van der Waals surface area contributed by atoms with E-state index in [1.54, 1.807) is 0 Å². The Labute approximate surface area is 98.5 Å². The molecule has 0 radical (unpaired) electrons. The predicted octanol–water partition coefficient (Wildman–Crippen LogP) is 3.42. The van der Waals surface area contributed by atoms with Crippen LogP contribution in [0.1, 0.15) is 38.2 Å². The molecule has 3 unspecified atom stereocenters. The number of aliphatic hydroxyl groups excluding tert-OH is 1. The fraction of sp³-hybridized carbons (Fsp3) is 0.600. The van der Waals surface area contributed by atoms with E-state index in [1.165, 1.54) is 24.8 Å². The molecule has 1 saturated carbocycles. The first-order valence-electron chi connectivity index (χ1n) is 6.49. The molecule has 1 aromatic rings. The van der Waals surface area contributed by atoms with Crippen LogP contribution >= 0.6 is 0 Å². The quantitative estimate of drug-likeness (QED) is 0.821. The molecule has 1 heteroatoms. The molecular weight excluding hydrogens is 196 g/mol. The Morgan fingerprint density at radius 1 is 1.25 bits per heavy atom. The van der Waals surface area contributed by atoms with Gasteiger partial charge in [0.05, 0.1) is 6.10 Å². The third-order valence-electron chi connectivity index (χ3n) is 3.99. The highest BCUT2D eigenvalue weighted by atomic mass is 16.3. The molecule has 0 bridgehead atoms. The molecule has 0 heterocycles. The van der Waals surface area contributed by atoms with Crippen LogP contribution in [0.15, 0.2) is 30.3 Å². The summed E-state index contributed by atoms with van der Waals surface area (Å²) >= 11 is 0. The zero-order chi connectivity index (χ0) is 11.4. The van der Waals surface area contributed by atoms with Gasteiger partial charge in [0.25, 0.3) is 0 Å². The van der Waals surface area contributed by atoms with Crippen LogP contribution in [-0.4, -0.2) is 11.2 Å². The Morgan fingerprint density at radius 3 is 2.62 bits per heavy atom. The van der Waals surface area contributed by atoms with E-state index in [0.717, 1.165) is 12.8 Å². The molecule has 0 aromatic heterocycles. The molecule has 16 heavy (non-hydrogen) atoms. The van der Waals surface area contributed by atoms with Gasteiger partial charge in [0.2, 0.25) is 0 Å². The summed E-state index contributed by atoms with van der Waals surface area (Å²) in [6.07, 6.45) is 5.64. The number of aliphatic hydroxyl groups is 1. The summed E-state index contributed by atoms with van der Waals surface area (Å²) < 4.78 is 0. The van der Waals surface area contributed by atoms with Crippen LogP contribution in [0.5, 0.6) is 0 Å². The Balaban J connectivity index is 1.81. The maximum Gasteiger partial charge on any atom is 0.0574 e. The SMILES string of the molecule is CC1CCCC1C(O)CCc1ccccc1. The first-order valence-corrected chi connectivity index (χ1v) is 6.49. The third-order valence-corrected chi connectivity index (χ3v) is 3.99. The van der Waals surface area contributed by atoms with Gasteiger partial charge in [-0.1, -0.05) is 50.1 Å². The van der Waals surface area contributed by atoms with E-state index in [2.05, 4.69) is 31.2 Å². The molecule has 1 aliphatic carbocycles. The van der Waals surface area contributed by atoms with Crippen molar-refractivity contribution in [2.45, 2.75) is 45.1 Å². The van der Waals surface area contributed by atoms with Gasteiger partial charge in [0.15, 0.2) is 0 Å². The maximum atomic E-state index is 10.2. The van der Waals surface area contributed by atoms with Crippen molar-refractivity contribution in [3.63, 3.8) is 0 Å². The van der Waals surface area contributed by atoms with Gasteiger partial charge in [-0.2, -0.15) is 0 Å². The van der Waals surface area contributed by atoms with Crippen molar-refractivity contribution in [2.24, 2.45) is 11.8 Å². The van der Waals surface area contributed by atoms with Crippen molar-refractivity contribution in [3.8, 4) is 0 Å². The molecule has 1 aliphatic rings. The molecule has 1 aromatic carbocycles. The smallest absolute Gasteiger partial charge is 0.0574 e. The summed E-state index contributed by atoms with van der Waals surface area (Å²) in [6.45, 7) is 2.28. The number of hydrogen-bond donors (Lipinski definition) is 1. The zero-order valence-corrected chi connectivity index (χ0v) is 10.1. The monoisotopic (exact) mass is 218 g/mol. The maximum absolute atomic E-state index is 10.2. The van der Waals surface area contributed by atoms with Gasteiger partial charge < -0.3 is 5.11 Å². The van der Waals surface area contributed by atoms with E-state index in [9.17, 15) is 5.11 Å². The van der Waals surface area contributed by atoms with Gasteiger partial charge in [-0.15, -0.1) is 0 Å². The molecule has 1 fully saturated rings. The van der Waals surface area contributed by atoms with Crippen molar-refractivity contribution >= 4 is 0 Å². The minimum Gasteiger partial charge on any atom is -0.393 e. The molecular formula is C15H22O. The third kappa shape index (κ3) is 2.85. The number of hydrogen-bond acceptors (Lipinski definition) is 1. The normalized spacial score (nSPS) is 26.9. The Kier molecular flexibility index (Phi) is 4.00. The average Bonchev–Trinajstić information content (AvgIpc) is 2.74. The van der Waals surface area contributed by atoms with Gasteiger partial charge >= 0.3 is 0 Å². The fourth-order valence-corrected chi connectivity index (χ4v) is 2.92. The Morgan fingerprint density at radius 2 is 2.00 bits per heavy atom. The second-order valence-electron chi connectivity index (χ2n) is 5.16. The molecule has 0 amide bonds. The molecule has 1 nitrogen and oxygen atoms in total. The van der Waals surface area contributed by atoms with Gasteiger partial charge in [-0.3, -0.25) is 0 Å². The fourth-order valence-electron chi connectivity index (χ4n) is 2.92. The lowest BCUT2D eigenvalue weighted by molar-refractivity contribution is 0.0822. The second kappa shape index (κ2) is 5.49. The van der Waals surface area contributed by atoms with Gasteiger partial charge in [0, 0.05) is 0 Å². The number of rotatable bonds is 4. The van der Waals surface area contributed by atoms with Crippen LogP contribution in [0.25, 0.3) is 0 Å². The Hall–Kier alpha value is -0.820. The second-order valence-corrected chi connectivity index (χ2v) is 5.16. The Bertz CT molecular complexity index is 306. The molecule has 3 atom stereocenters. The van der Waals surface area contributed by atoms with Crippen molar-refractivity contribution in [1.29, 1.82) is 0 Å². The van der Waals surface area contributed by atoms with Crippen molar-refractivity contribution < 1.29 is 5.11 Å². The highest BCUT2D eigenvalue weighted by molar-refractivity contribution is 5.14. The van der Waals surface area contributed by atoms with Crippen LogP contribution in [0.4, 0.5) is 0 Å².